The zero-order valence-corrected chi connectivity index (χ0v) is 10.2. The van der Waals surface area contributed by atoms with Crippen molar-refractivity contribution in [2.75, 3.05) is 0 Å². The molecule has 0 saturated heterocycles. The van der Waals surface area contributed by atoms with E-state index in [9.17, 15) is 0 Å². The number of benzene rings is 2. The predicted octanol–water partition coefficient (Wildman–Crippen LogP) is 3.38. The van der Waals surface area contributed by atoms with Gasteiger partial charge >= 0.3 is 0 Å². The van der Waals surface area contributed by atoms with Gasteiger partial charge in [-0.2, -0.15) is 0 Å². The second-order valence-electron chi connectivity index (χ2n) is 3.87. The Morgan fingerprint density at radius 3 is 2.11 bits per heavy atom. The van der Waals surface area contributed by atoms with E-state index >= 15 is 0 Å². The molecule has 0 aliphatic rings. The molecule has 0 unspecified atom stereocenters. The van der Waals surface area contributed by atoms with Gasteiger partial charge in [0.15, 0.2) is 0 Å². The Balaban J connectivity index is 0.000000169. The summed E-state index contributed by atoms with van der Waals surface area (Å²) in [6, 6.07) is 20.2. The van der Waals surface area contributed by atoms with Crippen LogP contribution in [0.4, 0.5) is 0 Å². The van der Waals surface area contributed by atoms with Crippen molar-refractivity contribution in [1.29, 1.82) is 0 Å². The molecule has 0 fully saturated rings. The number of hydrogen-bond acceptors (Lipinski definition) is 2. The largest absolute Gasteiger partial charge is 0.326 e. The zero-order valence-electron chi connectivity index (χ0n) is 10.2. The maximum Gasteiger partial charge on any atom is 0.0267 e. The van der Waals surface area contributed by atoms with Crippen LogP contribution in [0.5, 0.6) is 0 Å². The molecule has 90 valence electrons. The molecule has 0 saturated carbocycles. The molecule has 0 atom stereocenters. The lowest BCUT2D eigenvalue weighted by molar-refractivity contribution is 1.09. The molecule has 18 heavy (non-hydrogen) atoms. The van der Waals surface area contributed by atoms with Gasteiger partial charge in [0.1, 0.15) is 0 Å². The lowest BCUT2D eigenvalue weighted by Gasteiger charge is -2.02. The van der Waals surface area contributed by atoms with Crippen molar-refractivity contribution < 1.29 is 0 Å². The molecule has 0 amide bonds. The van der Waals surface area contributed by atoms with Gasteiger partial charge in [0.2, 0.25) is 0 Å². The quantitative estimate of drug-likeness (QED) is 0.703. The van der Waals surface area contributed by atoms with Crippen LogP contribution in [-0.4, -0.2) is 4.98 Å². The first-order valence-corrected chi connectivity index (χ1v) is 5.93. The highest BCUT2D eigenvalue weighted by molar-refractivity contribution is 5.85. The second kappa shape index (κ2) is 6.52. The van der Waals surface area contributed by atoms with E-state index in [-0.39, 0.29) is 0 Å². The topological polar surface area (TPSA) is 38.9 Å². The Hall–Kier alpha value is -2.19. The summed E-state index contributed by atoms with van der Waals surface area (Å²) in [5, 5.41) is 2.53. The van der Waals surface area contributed by atoms with Crippen LogP contribution in [0.1, 0.15) is 5.56 Å². The van der Waals surface area contributed by atoms with Crippen molar-refractivity contribution in [3.05, 3.63) is 78.6 Å². The van der Waals surface area contributed by atoms with Gasteiger partial charge < -0.3 is 5.73 Å². The molecular weight excluding hydrogens is 220 g/mol. The summed E-state index contributed by atoms with van der Waals surface area (Å²) in [6.07, 6.45) is 3.50. The first kappa shape index (κ1) is 12.3. The summed E-state index contributed by atoms with van der Waals surface area (Å²) >= 11 is 0. The molecule has 3 rings (SSSR count). The molecule has 2 heteroatoms. The number of pyridine rings is 1. The highest BCUT2D eigenvalue weighted by atomic mass is 14.6. The van der Waals surface area contributed by atoms with E-state index in [4.69, 9.17) is 5.73 Å². The third-order valence-corrected chi connectivity index (χ3v) is 2.67. The van der Waals surface area contributed by atoms with Crippen LogP contribution in [0, 0.1) is 0 Å². The fourth-order valence-corrected chi connectivity index (χ4v) is 1.78. The average molecular weight is 236 g/mol. The van der Waals surface area contributed by atoms with Crippen molar-refractivity contribution in [1.82, 2.24) is 4.98 Å². The maximum absolute atomic E-state index is 5.62. The van der Waals surface area contributed by atoms with Gasteiger partial charge in [0.25, 0.3) is 0 Å². The van der Waals surface area contributed by atoms with Gasteiger partial charge in [-0.05, 0) is 28.5 Å². The predicted molar refractivity (Wildman–Crippen MR) is 76.1 cm³/mol. The van der Waals surface area contributed by atoms with Gasteiger partial charge in [0, 0.05) is 18.9 Å². The third kappa shape index (κ3) is 3.15. The first-order valence-electron chi connectivity index (χ1n) is 5.93. The molecule has 1 heterocycles. The molecule has 2 nitrogen and oxygen atoms in total. The van der Waals surface area contributed by atoms with E-state index in [0.29, 0.717) is 6.54 Å². The lowest BCUT2D eigenvalue weighted by Crippen LogP contribution is -1.96. The maximum atomic E-state index is 5.62. The normalized spacial score (nSPS) is 9.61. The Labute approximate surface area is 107 Å². The summed E-state index contributed by atoms with van der Waals surface area (Å²) in [4.78, 5) is 3.78. The van der Waals surface area contributed by atoms with Crippen LogP contribution >= 0.6 is 0 Å². The van der Waals surface area contributed by atoms with Gasteiger partial charge in [-0.3, -0.25) is 4.98 Å². The van der Waals surface area contributed by atoms with Gasteiger partial charge in [-0.1, -0.05) is 48.5 Å². The van der Waals surface area contributed by atoms with E-state index in [1.807, 2.05) is 36.4 Å². The Bertz CT molecular complexity index is 559. The standard InChI is InChI=1S/C11H11N.C5H5N/c12-8-10-6-3-5-9-4-1-2-7-11(9)10;1-2-4-6-5-3-1/h1-7H,8,12H2;1-5H. The van der Waals surface area contributed by atoms with Crippen LogP contribution in [0.2, 0.25) is 0 Å². The van der Waals surface area contributed by atoms with Crippen LogP contribution in [0.3, 0.4) is 0 Å². The fraction of sp³-hybridized carbons (Fsp3) is 0.0625. The molecule has 2 aromatic carbocycles. The number of rotatable bonds is 1. The van der Waals surface area contributed by atoms with E-state index in [1.165, 1.54) is 16.3 Å². The Morgan fingerprint density at radius 1 is 0.778 bits per heavy atom. The minimum atomic E-state index is 0.612. The molecule has 2 N–H and O–H groups in total. The third-order valence-electron chi connectivity index (χ3n) is 2.67. The molecule has 3 aromatic rings. The zero-order chi connectivity index (χ0) is 12.6. The van der Waals surface area contributed by atoms with Crippen LogP contribution in [-0.2, 0) is 6.54 Å². The number of aromatic nitrogens is 1. The molecular formula is C16H16N2. The lowest BCUT2D eigenvalue weighted by atomic mass is 10.1. The molecule has 0 bridgehead atoms. The van der Waals surface area contributed by atoms with Gasteiger partial charge in [-0.25, -0.2) is 0 Å². The van der Waals surface area contributed by atoms with Crippen LogP contribution in [0.25, 0.3) is 10.8 Å². The molecule has 1 aromatic heterocycles. The summed E-state index contributed by atoms with van der Waals surface area (Å²) in [5.41, 5.74) is 6.83. The van der Waals surface area contributed by atoms with Crippen LogP contribution in [0.15, 0.2) is 73.1 Å². The molecule has 0 aliphatic heterocycles. The summed E-state index contributed by atoms with van der Waals surface area (Å²) < 4.78 is 0. The van der Waals surface area contributed by atoms with Gasteiger partial charge in [-0.15, -0.1) is 0 Å². The Morgan fingerprint density at radius 2 is 1.50 bits per heavy atom. The molecule has 0 radical (unpaired) electrons. The smallest absolute Gasteiger partial charge is 0.0267 e. The average Bonchev–Trinajstić information content (AvgIpc) is 2.49. The minimum Gasteiger partial charge on any atom is -0.326 e. The van der Waals surface area contributed by atoms with E-state index < -0.39 is 0 Å². The van der Waals surface area contributed by atoms with Crippen molar-refractivity contribution in [2.45, 2.75) is 6.54 Å². The summed E-state index contributed by atoms with van der Waals surface area (Å²) in [5.74, 6) is 0. The van der Waals surface area contributed by atoms with E-state index in [1.54, 1.807) is 12.4 Å². The SMILES string of the molecule is NCc1cccc2ccccc12.c1ccncc1. The van der Waals surface area contributed by atoms with Gasteiger partial charge in [0.05, 0.1) is 0 Å². The number of fused-ring (bicyclic) bond motifs is 1. The van der Waals surface area contributed by atoms with Crippen molar-refractivity contribution in [3.63, 3.8) is 0 Å². The summed E-state index contributed by atoms with van der Waals surface area (Å²) in [7, 11) is 0. The number of nitrogens with two attached hydrogens (primary N) is 1. The fourth-order valence-electron chi connectivity index (χ4n) is 1.78. The number of hydrogen-bond donors (Lipinski definition) is 1. The molecule has 0 aliphatic carbocycles. The monoisotopic (exact) mass is 236 g/mol. The first-order chi connectivity index (χ1) is 8.92. The van der Waals surface area contributed by atoms with Crippen molar-refractivity contribution in [3.8, 4) is 0 Å². The molecule has 0 spiro atoms. The van der Waals surface area contributed by atoms with E-state index in [0.717, 1.165) is 0 Å². The second-order valence-corrected chi connectivity index (χ2v) is 3.87. The van der Waals surface area contributed by atoms with Crippen molar-refractivity contribution in [2.24, 2.45) is 5.73 Å². The Kier molecular flexibility index (Phi) is 4.45. The summed E-state index contributed by atoms with van der Waals surface area (Å²) in [6.45, 7) is 0.612. The minimum absolute atomic E-state index is 0.612. The number of nitrogens with zero attached hydrogens (tertiary/aromatic N) is 1. The van der Waals surface area contributed by atoms with Crippen LogP contribution < -0.4 is 5.73 Å². The van der Waals surface area contributed by atoms with Crippen molar-refractivity contribution >= 4 is 10.8 Å². The highest BCUT2D eigenvalue weighted by Crippen LogP contribution is 2.17. The highest BCUT2D eigenvalue weighted by Gasteiger charge is 1.95. The van der Waals surface area contributed by atoms with E-state index in [2.05, 4.69) is 29.2 Å².